The number of phenols is 1. The second kappa shape index (κ2) is 8.42. The molecule has 0 aliphatic heterocycles. The summed E-state index contributed by atoms with van der Waals surface area (Å²) in [4.78, 5) is 14.4. The van der Waals surface area contributed by atoms with Gasteiger partial charge >= 0.3 is 0 Å². The Hall–Kier alpha value is -1.67. The molecule has 0 atom stereocenters. The topological polar surface area (TPSA) is 76.2 Å². The molecule has 0 fully saturated rings. The molecule has 2 rings (SSSR count). The summed E-state index contributed by atoms with van der Waals surface area (Å²) in [5.74, 6) is 0.156. The van der Waals surface area contributed by atoms with Crippen molar-refractivity contribution < 1.29 is 31.0 Å². The van der Waals surface area contributed by atoms with E-state index in [4.69, 9.17) is 10.8 Å². The fourth-order valence-electron chi connectivity index (χ4n) is 1.06. The number of phenolic OH excluding ortho intramolecular Hbond substituents is 1. The zero-order valence-corrected chi connectivity index (χ0v) is 11.9. The van der Waals surface area contributed by atoms with E-state index in [2.05, 4.69) is 4.98 Å². The quantitative estimate of drug-likeness (QED) is 0.365. The van der Waals surface area contributed by atoms with Crippen molar-refractivity contribution in [3.63, 3.8) is 0 Å². The Morgan fingerprint density at radius 2 is 1.78 bits per heavy atom. The van der Waals surface area contributed by atoms with E-state index < -0.39 is 0 Å². The minimum atomic E-state index is 0. The maximum Gasteiger partial charge on any atom is 0.178 e. The molecule has 4 nitrogen and oxygen atoms in total. The third-order valence-corrected chi connectivity index (χ3v) is 1.96. The van der Waals surface area contributed by atoms with Crippen LogP contribution in [0, 0.1) is 0 Å². The second-order valence-electron chi connectivity index (χ2n) is 3.33. The number of ketones is 1. The van der Waals surface area contributed by atoms with Crippen LogP contribution in [0.2, 0.25) is 0 Å². The van der Waals surface area contributed by atoms with Crippen LogP contribution in [0.5, 0.6) is 5.75 Å². The Morgan fingerprint density at radius 1 is 1.17 bits per heavy atom. The largest absolute Gasteiger partial charge is 0.506 e. The smallest absolute Gasteiger partial charge is 0.178 e. The first-order valence-corrected chi connectivity index (χ1v) is 5.06. The van der Waals surface area contributed by atoms with Crippen molar-refractivity contribution in [2.45, 2.75) is 6.92 Å². The number of aromatic hydroxyl groups is 1. The number of nitrogens with two attached hydrogens (primary N) is 1. The van der Waals surface area contributed by atoms with Gasteiger partial charge in [-0.2, -0.15) is 0 Å². The minimum absolute atomic E-state index is 0. The van der Waals surface area contributed by atoms with Crippen molar-refractivity contribution in [1.29, 1.82) is 0 Å². The van der Waals surface area contributed by atoms with Gasteiger partial charge in [0.15, 0.2) is 5.78 Å². The zero-order valence-electron chi connectivity index (χ0n) is 9.91. The number of benzene rings is 1. The van der Waals surface area contributed by atoms with E-state index in [9.17, 15) is 4.79 Å². The molecule has 2 aromatic rings. The molecule has 1 aromatic carbocycles. The number of hydrogen-bond donors (Lipinski definition) is 2. The maximum absolute atomic E-state index is 10.6. The van der Waals surface area contributed by atoms with E-state index in [0.717, 1.165) is 0 Å². The van der Waals surface area contributed by atoms with Gasteiger partial charge in [-0.05, 0) is 24.3 Å². The van der Waals surface area contributed by atoms with Gasteiger partial charge in [-0.25, -0.2) is 0 Å². The van der Waals surface area contributed by atoms with Crippen LogP contribution in [0.1, 0.15) is 17.4 Å². The normalized spacial score (nSPS) is 8.50. The third kappa shape index (κ3) is 5.60. The molecule has 0 aliphatic rings. The third-order valence-electron chi connectivity index (χ3n) is 1.96. The van der Waals surface area contributed by atoms with E-state index in [-0.39, 0.29) is 32.6 Å². The van der Waals surface area contributed by atoms with E-state index in [1.807, 2.05) is 0 Å². The summed E-state index contributed by atoms with van der Waals surface area (Å²) in [6, 6.07) is 12.0. The molecule has 0 unspecified atom stereocenters. The standard InChI is InChI=1S/C7H7NO.C6H7NO.Mo/c1-6(9)7-4-2-3-5-8-7;7-5-3-1-2-4-6(5)8;/h2-5H,1H3;1-4,8H,7H2;. The molecule has 0 radical (unpaired) electrons. The van der Waals surface area contributed by atoms with Gasteiger partial charge in [0.2, 0.25) is 0 Å². The van der Waals surface area contributed by atoms with Crippen molar-refractivity contribution in [3.05, 3.63) is 54.4 Å². The van der Waals surface area contributed by atoms with Gasteiger partial charge < -0.3 is 10.8 Å². The number of hydrogen-bond acceptors (Lipinski definition) is 4. The molecule has 3 N–H and O–H groups in total. The first kappa shape index (κ1) is 16.3. The number of Topliss-reactive ketones (excluding diaryl/α,β-unsaturated/α-hetero) is 1. The van der Waals surface area contributed by atoms with Crippen LogP contribution in [-0.4, -0.2) is 15.9 Å². The van der Waals surface area contributed by atoms with Crippen LogP contribution in [0.15, 0.2) is 48.7 Å². The first-order valence-electron chi connectivity index (χ1n) is 5.06. The number of nitrogen functional groups attached to an aromatic ring is 1. The maximum atomic E-state index is 10.6. The van der Waals surface area contributed by atoms with Crippen LogP contribution in [-0.2, 0) is 21.1 Å². The molecular weight excluding hydrogens is 312 g/mol. The van der Waals surface area contributed by atoms with Gasteiger partial charge in [0, 0.05) is 34.2 Å². The van der Waals surface area contributed by atoms with Gasteiger partial charge in [-0.3, -0.25) is 9.78 Å². The van der Waals surface area contributed by atoms with E-state index >= 15 is 0 Å². The minimum Gasteiger partial charge on any atom is -0.506 e. The first-order chi connectivity index (χ1) is 8.11. The van der Waals surface area contributed by atoms with Gasteiger partial charge in [0.25, 0.3) is 0 Å². The fourth-order valence-corrected chi connectivity index (χ4v) is 1.06. The van der Waals surface area contributed by atoms with Crippen LogP contribution < -0.4 is 5.73 Å². The number of para-hydroxylation sites is 2. The molecule has 0 amide bonds. The predicted molar refractivity (Wildman–Crippen MR) is 66.8 cm³/mol. The number of aromatic nitrogens is 1. The molecular formula is C13H14MoN2O2. The van der Waals surface area contributed by atoms with Gasteiger partial charge in [0.05, 0.1) is 5.69 Å². The number of rotatable bonds is 1. The molecule has 0 bridgehead atoms. The Kier molecular flexibility index (Phi) is 7.64. The Labute approximate surface area is 120 Å². The number of nitrogens with zero attached hydrogens (tertiary/aromatic N) is 1. The van der Waals surface area contributed by atoms with Crippen molar-refractivity contribution in [1.82, 2.24) is 4.98 Å². The van der Waals surface area contributed by atoms with Crippen LogP contribution in [0.25, 0.3) is 0 Å². The molecule has 0 saturated heterocycles. The summed E-state index contributed by atoms with van der Waals surface area (Å²) in [7, 11) is 0. The number of carbonyl (C=O) groups is 1. The summed E-state index contributed by atoms with van der Waals surface area (Å²) >= 11 is 0. The van der Waals surface area contributed by atoms with Crippen LogP contribution >= 0.6 is 0 Å². The molecule has 1 heterocycles. The molecule has 0 saturated carbocycles. The Morgan fingerprint density at radius 3 is 2.11 bits per heavy atom. The molecule has 0 spiro atoms. The molecule has 1 aromatic heterocycles. The zero-order chi connectivity index (χ0) is 12.7. The van der Waals surface area contributed by atoms with E-state index in [1.165, 1.54) is 6.92 Å². The van der Waals surface area contributed by atoms with Crippen molar-refractivity contribution in [2.75, 3.05) is 5.73 Å². The Bertz CT molecular complexity index is 468. The van der Waals surface area contributed by atoms with Crippen molar-refractivity contribution >= 4 is 11.5 Å². The van der Waals surface area contributed by atoms with Crippen molar-refractivity contribution in [3.8, 4) is 5.75 Å². The molecule has 5 heteroatoms. The summed E-state index contributed by atoms with van der Waals surface area (Å²) in [6.07, 6.45) is 1.61. The number of pyridine rings is 1. The molecule has 0 aliphatic carbocycles. The monoisotopic (exact) mass is 328 g/mol. The van der Waals surface area contributed by atoms with Crippen LogP contribution in [0.3, 0.4) is 0 Å². The second-order valence-corrected chi connectivity index (χ2v) is 3.33. The van der Waals surface area contributed by atoms with E-state index in [1.54, 1.807) is 48.7 Å². The number of anilines is 1. The Balaban J connectivity index is 0.000000306. The van der Waals surface area contributed by atoms with Gasteiger partial charge in [0.1, 0.15) is 11.4 Å². The molecule has 18 heavy (non-hydrogen) atoms. The number of carbonyl (C=O) groups excluding carboxylic acids is 1. The predicted octanol–water partition coefficient (Wildman–Crippen LogP) is 2.26. The average molecular weight is 326 g/mol. The van der Waals surface area contributed by atoms with Crippen molar-refractivity contribution in [2.24, 2.45) is 0 Å². The fraction of sp³-hybridized carbons (Fsp3) is 0.0769. The van der Waals surface area contributed by atoms with Crippen LogP contribution in [0.4, 0.5) is 5.69 Å². The summed E-state index contributed by atoms with van der Waals surface area (Å²) < 4.78 is 0. The SMILES string of the molecule is CC(=O)c1ccccn1.Nc1ccccc1O.[Mo]. The van der Waals surface area contributed by atoms with Gasteiger partial charge in [-0.1, -0.05) is 18.2 Å². The molecule has 94 valence electrons. The van der Waals surface area contributed by atoms with E-state index in [0.29, 0.717) is 11.4 Å². The summed E-state index contributed by atoms with van der Waals surface area (Å²) in [6.45, 7) is 1.50. The summed E-state index contributed by atoms with van der Waals surface area (Å²) in [5.41, 5.74) is 6.22. The average Bonchev–Trinajstić information content (AvgIpc) is 2.35. The summed E-state index contributed by atoms with van der Waals surface area (Å²) in [5, 5.41) is 8.79. The van der Waals surface area contributed by atoms with Gasteiger partial charge in [-0.15, -0.1) is 0 Å².